The summed E-state index contributed by atoms with van der Waals surface area (Å²) in [5.41, 5.74) is 4.37. The Morgan fingerprint density at radius 1 is 1.11 bits per heavy atom. The highest BCUT2D eigenvalue weighted by molar-refractivity contribution is 5.37. The van der Waals surface area contributed by atoms with Crippen molar-refractivity contribution in [2.24, 2.45) is 0 Å². The van der Waals surface area contributed by atoms with Crippen molar-refractivity contribution >= 4 is 0 Å². The van der Waals surface area contributed by atoms with Crippen LogP contribution in [0, 0.1) is 0 Å². The van der Waals surface area contributed by atoms with Crippen LogP contribution < -0.4 is 0 Å². The summed E-state index contributed by atoms with van der Waals surface area (Å²) in [6, 6.07) is 10.2. The highest BCUT2D eigenvalue weighted by atomic mass is 16.3. The van der Waals surface area contributed by atoms with Crippen LogP contribution in [-0.4, -0.2) is 14.9 Å². The number of aliphatic hydroxyl groups excluding tert-OH is 1. The third-order valence-electron chi connectivity index (χ3n) is 3.47. The lowest BCUT2D eigenvalue weighted by molar-refractivity contribution is 0.173. The maximum absolute atomic E-state index is 9.81. The molecule has 0 spiro atoms. The van der Waals surface area contributed by atoms with Crippen LogP contribution in [0.25, 0.3) is 5.69 Å². The van der Waals surface area contributed by atoms with Crippen molar-refractivity contribution in [3.63, 3.8) is 0 Å². The van der Waals surface area contributed by atoms with Crippen molar-refractivity contribution in [1.82, 2.24) is 9.78 Å². The normalized spacial score (nSPS) is 12.6. The summed E-state index contributed by atoms with van der Waals surface area (Å²) in [5, 5.41) is 14.4. The number of rotatable bonds is 5. The van der Waals surface area contributed by atoms with Crippen LogP contribution in [-0.2, 0) is 12.8 Å². The summed E-state index contributed by atoms with van der Waals surface area (Å²) in [7, 11) is 0. The Kier molecular flexibility index (Phi) is 4.38. The number of nitrogens with zero attached hydrogens (tertiary/aromatic N) is 2. The van der Waals surface area contributed by atoms with Crippen LogP contribution in [0.3, 0.4) is 0 Å². The van der Waals surface area contributed by atoms with Gasteiger partial charge >= 0.3 is 0 Å². The molecule has 0 aliphatic heterocycles. The molecule has 0 saturated heterocycles. The van der Waals surface area contributed by atoms with E-state index in [4.69, 9.17) is 0 Å². The first-order valence-electron chi connectivity index (χ1n) is 7.05. The van der Waals surface area contributed by atoms with Gasteiger partial charge < -0.3 is 5.11 Å². The number of aliphatic hydroxyl groups is 1. The maximum atomic E-state index is 9.81. The predicted octanol–water partition coefficient (Wildman–Crippen LogP) is 3.44. The number of hydrogen-bond acceptors (Lipinski definition) is 2. The van der Waals surface area contributed by atoms with Crippen molar-refractivity contribution < 1.29 is 5.11 Å². The molecule has 3 heteroatoms. The molecule has 1 aromatic carbocycles. The summed E-state index contributed by atoms with van der Waals surface area (Å²) < 4.78 is 2.00. The summed E-state index contributed by atoms with van der Waals surface area (Å²) in [5.74, 6) is 0. The van der Waals surface area contributed by atoms with Gasteiger partial charge in [-0.3, -0.25) is 0 Å². The summed E-state index contributed by atoms with van der Waals surface area (Å²) >= 11 is 0. The number of aromatic nitrogens is 2. The van der Waals surface area contributed by atoms with E-state index in [0.717, 1.165) is 36.2 Å². The fourth-order valence-electron chi connectivity index (χ4n) is 2.20. The van der Waals surface area contributed by atoms with E-state index >= 15 is 0 Å². The summed E-state index contributed by atoms with van der Waals surface area (Å²) in [6.07, 6.45) is 2.28. The van der Waals surface area contributed by atoms with E-state index in [1.807, 2.05) is 35.9 Å². The van der Waals surface area contributed by atoms with Gasteiger partial charge in [-0.2, -0.15) is 5.10 Å². The van der Waals surface area contributed by atoms with Gasteiger partial charge in [0.25, 0.3) is 0 Å². The Morgan fingerprint density at radius 2 is 1.79 bits per heavy atom. The molecule has 102 valence electrons. The molecule has 0 radical (unpaired) electrons. The number of aryl methyl sites for hydroxylation is 2. The van der Waals surface area contributed by atoms with E-state index in [1.54, 1.807) is 0 Å². The Labute approximate surface area is 114 Å². The molecule has 0 bridgehead atoms. The second-order valence-corrected chi connectivity index (χ2v) is 4.76. The van der Waals surface area contributed by atoms with Gasteiger partial charge in [0.05, 0.1) is 17.5 Å². The number of benzene rings is 1. The molecule has 1 atom stereocenters. The Morgan fingerprint density at radius 3 is 2.32 bits per heavy atom. The average Bonchev–Trinajstić information content (AvgIpc) is 2.90. The fraction of sp³-hybridized carbons (Fsp3) is 0.438. The molecule has 0 amide bonds. The smallest absolute Gasteiger partial charge is 0.0787 e. The van der Waals surface area contributed by atoms with Crippen molar-refractivity contribution in [1.29, 1.82) is 0 Å². The molecule has 1 heterocycles. The lowest BCUT2D eigenvalue weighted by Crippen LogP contribution is -2.02. The van der Waals surface area contributed by atoms with E-state index in [0.29, 0.717) is 0 Å². The van der Waals surface area contributed by atoms with Crippen LogP contribution in [0.2, 0.25) is 0 Å². The van der Waals surface area contributed by atoms with E-state index < -0.39 is 0 Å². The Bertz CT molecular complexity index is 528. The molecule has 19 heavy (non-hydrogen) atoms. The van der Waals surface area contributed by atoms with E-state index in [-0.39, 0.29) is 6.10 Å². The van der Waals surface area contributed by atoms with Gasteiger partial charge in [0.2, 0.25) is 0 Å². The predicted molar refractivity (Wildman–Crippen MR) is 77.6 cm³/mol. The minimum absolute atomic E-state index is 0.372. The zero-order chi connectivity index (χ0) is 13.8. The molecule has 1 aromatic heterocycles. The highest BCUT2D eigenvalue weighted by Crippen LogP contribution is 2.19. The molecule has 0 aliphatic rings. The molecule has 2 aromatic rings. The quantitative estimate of drug-likeness (QED) is 0.892. The first-order valence-corrected chi connectivity index (χ1v) is 7.05. The summed E-state index contributed by atoms with van der Waals surface area (Å²) in [4.78, 5) is 0. The van der Waals surface area contributed by atoms with Crippen molar-refractivity contribution in [2.45, 2.75) is 46.1 Å². The van der Waals surface area contributed by atoms with Crippen molar-refractivity contribution in [2.75, 3.05) is 0 Å². The van der Waals surface area contributed by atoms with Crippen molar-refractivity contribution in [3.8, 4) is 5.69 Å². The Hall–Kier alpha value is -1.61. The molecule has 1 N–H and O–H groups in total. The first-order chi connectivity index (χ1) is 9.19. The lowest BCUT2D eigenvalue weighted by Gasteiger charge is -2.10. The monoisotopic (exact) mass is 258 g/mol. The average molecular weight is 258 g/mol. The zero-order valence-electron chi connectivity index (χ0n) is 11.9. The van der Waals surface area contributed by atoms with Gasteiger partial charge in [0.1, 0.15) is 0 Å². The standard InChI is InChI=1S/C16H22N2O/c1-4-13-11-14(5-2)18(17-13)15-9-7-12(8-10-15)16(19)6-3/h7-11,16,19H,4-6H2,1-3H3/t16-/m1/s1. The van der Waals surface area contributed by atoms with Gasteiger partial charge in [-0.25, -0.2) is 4.68 Å². The second kappa shape index (κ2) is 6.02. The molecule has 3 nitrogen and oxygen atoms in total. The number of hydrogen-bond donors (Lipinski definition) is 1. The largest absolute Gasteiger partial charge is 0.388 e. The van der Waals surface area contributed by atoms with Crippen LogP contribution in [0.15, 0.2) is 30.3 Å². The van der Waals surface area contributed by atoms with Gasteiger partial charge in [0.15, 0.2) is 0 Å². The van der Waals surface area contributed by atoms with Gasteiger partial charge in [-0.1, -0.05) is 32.9 Å². The van der Waals surface area contributed by atoms with Crippen LogP contribution in [0.4, 0.5) is 0 Å². The second-order valence-electron chi connectivity index (χ2n) is 4.76. The molecule has 0 unspecified atom stereocenters. The van der Waals surface area contributed by atoms with E-state index in [1.165, 1.54) is 5.69 Å². The molecule has 0 saturated carbocycles. The molecule has 0 fully saturated rings. The molecule has 2 rings (SSSR count). The minimum atomic E-state index is -0.372. The van der Waals surface area contributed by atoms with Gasteiger partial charge in [-0.05, 0) is 43.0 Å². The van der Waals surface area contributed by atoms with Gasteiger partial charge in [0, 0.05) is 5.69 Å². The third kappa shape index (κ3) is 2.87. The zero-order valence-corrected chi connectivity index (χ0v) is 11.9. The van der Waals surface area contributed by atoms with Gasteiger partial charge in [-0.15, -0.1) is 0 Å². The fourth-order valence-corrected chi connectivity index (χ4v) is 2.20. The topological polar surface area (TPSA) is 38.0 Å². The van der Waals surface area contributed by atoms with Crippen LogP contribution in [0.1, 0.15) is 50.2 Å². The van der Waals surface area contributed by atoms with Crippen LogP contribution in [0.5, 0.6) is 0 Å². The first kappa shape index (κ1) is 13.8. The molecular formula is C16H22N2O. The highest BCUT2D eigenvalue weighted by Gasteiger charge is 2.09. The maximum Gasteiger partial charge on any atom is 0.0787 e. The minimum Gasteiger partial charge on any atom is -0.388 e. The van der Waals surface area contributed by atoms with Crippen molar-refractivity contribution in [3.05, 3.63) is 47.3 Å². The van der Waals surface area contributed by atoms with E-state index in [2.05, 4.69) is 25.0 Å². The van der Waals surface area contributed by atoms with Crippen LogP contribution >= 0.6 is 0 Å². The third-order valence-corrected chi connectivity index (χ3v) is 3.47. The van der Waals surface area contributed by atoms with E-state index in [9.17, 15) is 5.11 Å². The Balaban J connectivity index is 2.34. The molecular weight excluding hydrogens is 236 g/mol. The lowest BCUT2D eigenvalue weighted by atomic mass is 10.1. The molecule has 0 aliphatic carbocycles. The summed E-state index contributed by atoms with van der Waals surface area (Å²) in [6.45, 7) is 6.24. The SMILES string of the molecule is CCc1cc(CC)n(-c2ccc([C@H](O)CC)cc2)n1.